The third-order valence-electron chi connectivity index (χ3n) is 7.16. The first kappa shape index (κ1) is 23.5. The largest absolute Gasteiger partial charge is 0.378 e. The predicted octanol–water partition coefficient (Wildman–Crippen LogP) is 2.00. The second kappa shape index (κ2) is 10.9. The number of piperidine rings is 1. The van der Waals surface area contributed by atoms with Gasteiger partial charge in [-0.1, -0.05) is 13.8 Å². The van der Waals surface area contributed by atoms with E-state index in [-0.39, 0.29) is 29.3 Å². The van der Waals surface area contributed by atoms with E-state index < -0.39 is 6.04 Å². The zero-order chi connectivity index (χ0) is 21.6. The number of rotatable bonds is 10. The number of hydrogen-bond donors (Lipinski definition) is 3. The van der Waals surface area contributed by atoms with Crippen molar-refractivity contribution in [2.75, 3.05) is 32.8 Å². The topological polar surface area (TPSA) is 88.7 Å². The van der Waals surface area contributed by atoms with E-state index in [1.54, 1.807) is 0 Å². The summed E-state index contributed by atoms with van der Waals surface area (Å²) < 4.78 is 12.1. The molecule has 0 aromatic rings. The summed E-state index contributed by atoms with van der Waals surface area (Å²) in [6, 6.07) is -0.676. The van der Waals surface area contributed by atoms with E-state index in [0.29, 0.717) is 25.2 Å². The number of carbonyl (C=O) groups is 2. The minimum atomic E-state index is -0.676. The molecular formula is C23H41N3O4. The van der Waals surface area contributed by atoms with Gasteiger partial charge in [0.05, 0.1) is 25.4 Å². The molecule has 0 spiro atoms. The maximum Gasteiger partial charge on any atom is 0.245 e. The van der Waals surface area contributed by atoms with Crippen LogP contribution in [0, 0.1) is 17.3 Å². The quantitative estimate of drug-likeness (QED) is 0.500. The van der Waals surface area contributed by atoms with Crippen molar-refractivity contribution in [3.8, 4) is 0 Å². The van der Waals surface area contributed by atoms with Crippen molar-refractivity contribution in [1.29, 1.82) is 0 Å². The molecule has 2 bridgehead atoms. The van der Waals surface area contributed by atoms with E-state index in [1.165, 1.54) is 0 Å². The predicted molar refractivity (Wildman–Crippen MR) is 116 cm³/mol. The highest BCUT2D eigenvalue weighted by Crippen LogP contribution is 2.43. The van der Waals surface area contributed by atoms with Crippen molar-refractivity contribution in [3.05, 3.63) is 0 Å². The van der Waals surface area contributed by atoms with Gasteiger partial charge in [-0.15, -0.1) is 0 Å². The van der Waals surface area contributed by atoms with Crippen LogP contribution in [-0.2, 0) is 19.1 Å². The average Bonchev–Trinajstić information content (AvgIpc) is 2.77. The van der Waals surface area contributed by atoms with Crippen LogP contribution in [0.3, 0.4) is 0 Å². The zero-order valence-electron chi connectivity index (χ0n) is 19.0. The van der Waals surface area contributed by atoms with Crippen molar-refractivity contribution in [3.63, 3.8) is 0 Å². The summed E-state index contributed by atoms with van der Waals surface area (Å²) >= 11 is 0. The van der Waals surface area contributed by atoms with Gasteiger partial charge in [-0.05, 0) is 70.9 Å². The maximum atomic E-state index is 12.9. The molecule has 172 valence electrons. The van der Waals surface area contributed by atoms with E-state index in [0.717, 1.165) is 64.6 Å². The Morgan fingerprint density at radius 3 is 2.40 bits per heavy atom. The first-order valence-corrected chi connectivity index (χ1v) is 11.9. The van der Waals surface area contributed by atoms with Crippen molar-refractivity contribution in [1.82, 2.24) is 16.0 Å². The monoisotopic (exact) mass is 423 g/mol. The lowest BCUT2D eigenvalue weighted by Gasteiger charge is -2.46. The summed E-state index contributed by atoms with van der Waals surface area (Å²) in [5.41, 5.74) is 0.0705. The van der Waals surface area contributed by atoms with Gasteiger partial charge in [0.2, 0.25) is 11.8 Å². The molecule has 3 saturated heterocycles. The van der Waals surface area contributed by atoms with Crippen LogP contribution in [0.15, 0.2) is 0 Å². The number of fused-ring (bicyclic) bond motifs is 3. The molecule has 4 rings (SSSR count). The van der Waals surface area contributed by atoms with Crippen molar-refractivity contribution < 1.29 is 19.1 Å². The zero-order valence-corrected chi connectivity index (χ0v) is 19.0. The van der Waals surface area contributed by atoms with Crippen LogP contribution in [-0.4, -0.2) is 62.9 Å². The third kappa shape index (κ3) is 6.41. The Bertz CT molecular complexity index is 555. The number of nitrogens with one attached hydrogen (secondary N) is 3. The first-order chi connectivity index (χ1) is 14.4. The molecule has 30 heavy (non-hydrogen) atoms. The minimum absolute atomic E-state index is 0.0705. The molecule has 4 fully saturated rings. The van der Waals surface area contributed by atoms with Gasteiger partial charge in [-0.25, -0.2) is 0 Å². The van der Waals surface area contributed by atoms with Gasteiger partial charge in [0.25, 0.3) is 0 Å². The summed E-state index contributed by atoms with van der Waals surface area (Å²) in [5, 5.41) is 9.33. The van der Waals surface area contributed by atoms with E-state index in [4.69, 9.17) is 9.47 Å². The number of carbonyl (C=O) groups excluding carboxylic acids is 2. The van der Waals surface area contributed by atoms with Crippen LogP contribution in [0.4, 0.5) is 0 Å². The van der Waals surface area contributed by atoms with Gasteiger partial charge in [0.1, 0.15) is 6.04 Å². The lowest BCUT2D eigenvalue weighted by molar-refractivity contribution is -0.155. The molecule has 4 aliphatic rings. The molecule has 0 aromatic heterocycles. The highest BCUT2D eigenvalue weighted by Gasteiger charge is 2.42. The molecule has 2 atom stereocenters. The smallest absolute Gasteiger partial charge is 0.245 e. The standard InChI is InChI=1S/C23H41N3O4/c1-16(2)21(27)26-20(22(28)25-13-8-18-6-11-24-12-7-18)17(3)29-14-23-9-4-19(5-10-23)30-15-23/h16-20,24H,4-15H2,1-3H3,(H,25,28)(H,26,27)/t17-,19?,20+,23?/m1/s1. The molecule has 1 aliphatic carbocycles. The van der Waals surface area contributed by atoms with Gasteiger partial charge < -0.3 is 25.4 Å². The second-order valence-corrected chi connectivity index (χ2v) is 9.94. The van der Waals surface area contributed by atoms with Gasteiger partial charge in [0.15, 0.2) is 0 Å². The Hall–Kier alpha value is -1.18. The SMILES string of the molecule is CC(C)C(=O)N[C@H](C(=O)NCCC1CCNCC1)[C@@H](C)OCC12CCC(CC1)OC2. The molecule has 2 amide bonds. The van der Waals surface area contributed by atoms with Gasteiger partial charge in [-0.3, -0.25) is 9.59 Å². The average molecular weight is 424 g/mol. The van der Waals surface area contributed by atoms with E-state index in [9.17, 15) is 9.59 Å². The number of hydrogen-bond acceptors (Lipinski definition) is 5. The van der Waals surface area contributed by atoms with Crippen LogP contribution in [0.2, 0.25) is 0 Å². The second-order valence-electron chi connectivity index (χ2n) is 9.94. The van der Waals surface area contributed by atoms with Crippen LogP contribution >= 0.6 is 0 Å². The Morgan fingerprint density at radius 1 is 1.10 bits per heavy atom. The highest BCUT2D eigenvalue weighted by atomic mass is 16.5. The maximum absolute atomic E-state index is 12.9. The molecule has 0 aromatic carbocycles. The molecule has 7 heteroatoms. The van der Waals surface area contributed by atoms with Crippen LogP contribution < -0.4 is 16.0 Å². The van der Waals surface area contributed by atoms with Crippen LogP contribution in [0.25, 0.3) is 0 Å². The molecular weight excluding hydrogens is 382 g/mol. The molecule has 7 nitrogen and oxygen atoms in total. The van der Waals surface area contributed by atoms with E-state index in [2.05, 4.69) is 16.0 Å². The fourth-order valence-electron chi connectivity index (χ4n) is 4.80. The fraction of sp³-hybridized carbons (Fsp3) is 0.913. The summed E-state index contributed by atoms with van der Waals surface area (Å²) in [4.78, 5) is 25.3. The third-order valence-corrected chi connectivity index (χ3v) is 7.16. The van der Waals surface area contributed by atoms with E-state index >= 15 is 0 Å². The normalized spacial score (nSPS) is 28.9. The summed E-state index contributed by atoms with van der Waals surface area (Å²) in [6.45, 7) is 9.65. The summed E-state index contributed by atoms with van der Waals surface area (Å²) in [7, 11) is 0. The highest BCUT2D eigenvalue weighted by molar-refractivity contribution is 5.88. The lowest BCUT2D eigenvalue weighted by atomic mass is 9.72. The Morgan fingerprint density at radius 2 is 1.80 bits per heavy atom. The molecule has 3 heterocycles. The number of ether oxygens (including phenoxy) is 2. The van der Waals surface area contributed by atoms with Gasteiger partial charge in [-0.2, -0.15) is 0 Å². The molecule has 1 saturated carbocycles. The Labute approximate surface area is 181 Å². The minimum Gasteiger partial charge on any atom is -0.378 e. The van der Waals surface area contributed by atoms with Gasteiger partial charge >= 0.3 is 0 Å². The number of amides is 2. The van der Waals surface area contributed by atoms with Crippen molar-refractivity contribution >= 4 is 11.8 Å². The van der Waals surface area contributed by atoms with E-state index in [1.807, 2.05) is 20.8 Å². The van der Waals surface area contributed by atoms with Crippen LogP contribution in [0.5, 0.6) is 0 Å². The Balaban J connectivity index is 1.51. The lowest BCUT2D eigenvalue weighted by Crippen LogP contribution is -2.55. The van der Waals surface area contributed by atoms with Crippen LogP contribution in [0.1, 0.15) is 65.7 Å². The molecule has 0 unspecified atom stereocenters. The summed E-state index contributed by atoms with van der Waals surface area (Å²) in [6.07, 6.45) is 7.78. The van der Waals surface area contributed by atoms with Crippen molar-refractivity contribution in [2.45, 2.75) is 84.0 Å². The summed E-state index contributed by atoms with van der Waals surface area (Å²) in [5.74, 6) is 0.211. The molecule has 0 radical (unpaired) electrons. The van der Waals surface area contributed by atoms with Gasteiger partial charge in [0, 0.05) is 17.9 Å². The van der Waals surface area contributed by atoms with Crippen molar-refractivity contribution in [2.24, 2.45) is 17.3 Å². The molecule has 3 aliphatic heterocycles. The Kier molecular flexibility index (Phi) is 8.54. The first-order valence-electron chi connectivity index (χ1n) is 11.9. The fourth-order valence-corrected chi connectivity index (χ4v) is 4.80. The molecule has 3 N–H and O–H groups in total.